The predicted octanol–water partition coefficient (Wildman–Crippen LogP) is 4.53. The monoisotopic (exact) mass is 462 g/mol. The number of nitrogens with two attached hydrogens (primary N) is 1. The number of benzene rings is 2. The molecule has 0 spiro atoms. The van der Waals surface area contributed by atoms with E-state index in [1.165, 1.54) is 12.1 Å². The van der Waals surface area contributed by atoms with E-state index in [9.17, 15) is 13.6 Å². The number of ether oxygens (including phenoxy) is 1. The summed E-state index contributed by atoms with van der Waals surface area (Å²) in [6, 6.07) is 10.8. The standard InChI is InChI=1S/C22H21BrF2N2O2/c1-14-8-21(29-12-17-6-7-18(24)10-19(17)25)22(23)20(27(14)13-28)9-15-4-2-3-5-16(15)11-26/h2-8,10,13,20H,9,11-12,26H2,1H3. The Morgan fingerprint density at radius 2 is 1.90 bits per heavy atom. The van der Waals surface area contributed by atoms with E-state index in [4.69, 9.17) is 10.5 Å². The highest BCUT2D eigenvalue weighted by Crippen LogP contribution is 2.33. The number of rotatable bonds is 7. The average molecular weight is 463 g/mol. The molecule has 152 valence electrons. The number of allylic oxidation sites excluding steroid dienone is 2. The van der Waals surface area contributed by atoms with Crippen molar-refractivity contribution in [2.24, 2.45) is 5.73 Å². The van der Waals surface area contributed by atoms with Crippen molar-refractivity contribution < 1.29 is 18.3 Å². The smallest absolute Gasteiger partial charge is 0.214 e. The van der Waals surface area contributed by atoms with Crippen molar-refractivity contribution in [3.8, 4) is 0 Å². The molecule has 1 atom stereocenters. The highest BCUT2D eigenvalue weighted by Gasteiger charge is 2.29. The fourth-order valence-corrected chi connectivity index (χ4v) is 3.89. The van der Waals surface area contributed by atoms with Gasteiger partial charge in [0.15, 0.2) is 0 Å². The Hall–Kier alpha value is -2.51. The molecule has 4 nitrogen and oxygen atoms in total. The predicted molar refractivity (Wildman–Crippen MR) is 111 cm³/mol. The summed E-state index contributed by atoms with van der Waals surface area (Å²) >= 11 is 3.56. The van der Waals surface area contributed by atoms with Gasteiger partial charge in [-0.25, -0.2) is 8.78 Å². The molecule has 1 unspecified atom stereocenters. The van der Waals surface area contributed by atoms with Gasteiger partial charge in [-0.3, -0.25) is 4.79 Å². The van der Waals surface area contributed by atoms with Crippen LogP contribution >= 0.6 is 15.9 Å². The molecule has 1 heterocycles. The van der Waals surface area contributed by atoms with Crippen LogP contribution in [0.5, 0.6) is 0 Å². The summed E-state index contributed by atoms with van der Waals surface area (Å²) in [6.45, 7) is 2.14. The van der Waals surface area contributed by atoms with Crippen molar-refractivity contribution >= 4 is 22.3 Å². The quantitative estimate of drug-likeness (QED) is 0.614. The van der Waals surface area contributed by atoms with Crippen LogP contribution in [-0.2, 0) is 29.1 Å². The summed E-state index contributed by atoms with van der Waals surface area (Å²) in [7, 11) is 0. The molecular formula is C22H21BrF2N2O2. The number of hydrogen-bond donors (Lipinski definition) is 1. The molecule has 29 heavy (non-hydrogen) atoms. The first-order valence-corrected chi connectivity index (χ1v) is 9.89. The molecule has 7 heteroatoms. The third-order valence-corrected chi connectivity index (χ3v) is 5.79. The highest BCUT2D eigenvalue weighted by atomic mass is 79.9. The van der Waals surface area contributed by atoms with Crippen LogP contribution in [0.1, 0.15) is 23.6 Å². The summed E-state index contributed by atoms with van der Waals surface area (Å²) in [5.74, 6) is -0.805. The third-order valence-electron chi connectivity index (χ3n) is 4.87. The van der Waals surface area contributed by atoms with Crippen LogP contribution in [0.25, 0.3) is 0 Å². The molecule has 2 aromatic rings. The summed E-state index contributed by atoms with van der Waals surface area (Å²) in [5.41, 5.74) is 8.82. The summed E-state index contributed by atoms with van der Waals surface area (Å²) in [4.78, 5) is 13.3. The summed E-state index contributed by atoms with van der Waals surface area (Å²) in [6.07, 6.45) is 3.03. The second-order valence-corrected chi connectivity index (χ2v) is 7.58. The lowest BCUT2D eigenvalue weighted by molar-refractivity contribution is -0.117. The van der Waals surface area contributed by atoms with E-state index in [0.717, 1.165) is 23.6 Å². The van der Waals surface area contributed by atoms with Gasteiger partial charge < -0.3 is 15.4 Å². The Balaban J connectivity index is 1.87. The molecule has 1 aliphatic heterocycles. The maximum Gasteiger partial charge on any atom is 0.214 e. The fraction of sp³-hybridized carbons (Fsp3) is 0.227. The molecule has 0 bridgehead atoms. The van der Waals surface area contributed by atoms with Gasteiger partial charge in [0.1, 0.15) is 24.0 Å². The Morgan fingerprint density at radius 3 is 2.55 bits per heavy atom. The van der Waals surface area contributed by atoms with Gasteiger partial charge in [-0.1, -0.05) is 24.3 Å². The number of nitrogens with zero attached hydrogens (tertiary/aromatic N) is 1. The molecule has 3 rings (SSSR count). The molecule has 0 aromatic heterocycles. The van der Waals surface area contributed by atoms with Crippen LogP contribution in [-0.4, -0.2) is 17.4 Å². The molecule has 0 aliphatic carbocycles. The van der Waals surface area contributed by atoms with Gasteiger partial charge in [0.25, 0.3) is 0 Å². The molecule has 1 amide bonds. The lowest BCUT2D eigenvalue weighted by Crippen LogP contribution is -2.38. The van der Waals surface area contributed by atoms with Crippen molar-refractivity contribution in [3.05, 3.63) is 92.8 Å². The van der Waals surface area contributed by atoms with Crippen LogP contribution in [0.4, 0.5) is 8.78 Å². The van der Waals surface area contributed by atoms with Gasteiger partial charge in [-0.05, 0) is 52.5 Å². The van der Waals surface area contributed by atoms with Gasteiger partial charge >= 0.3 is 0 Å². The maximum absolute atomic E-state index is 13.9. The van der Waals surface area contributed by atoms with Crippen molar-refractivity contribution in [3.63, 3.8) is 0 Å². The number of carbonyl (C=O) groups is 1. The zero-order valence-corrected chi connectivity index (χ0v) is 17.5. The SMILES string of the molecule is CC1=CC(OCc2ccc(F)cc2F)=C(Br)C(Cc2ccccc2CN)N1C=O. The molecule has 2 N–H and O–H groups in total. The highest BCUT2D eigenvalue weighted by molar-refractivity contribution is 9.11. The van der Waals surface area contributed by atoms with Gasteiger partial charge in [0.05, 0.1) is 10.5 Å². The van der Waals surface area contributed by atoms with E-state index in [1.807, 2.05) is 24.3 Å². The second-order valence-electron chi connectivity index (χ2n) is 6.73. The third kappa shape index (κ3) is 4.74. The Labute approximate surface area is 176 Å². The number of carbonyl (C=O) groups excluding carboxylic acids is 1. The molecule has 0 saturated heterocycles. The topological polar surface area (TPSA) is 55.6 Å². The molecule has 1 aliphatic rings. The zero-order chi connectivity index (χ0) is 21.0. The molecule has 0 radical (unpaired) electrons. The summed E-state index contributed by atoms with van der Waals surface area (Å²) in [5, 5.41) is 0. The minimum Gasteiger partial charge on any atom is -0.488 e. The Bertz CT molecular complexity index is 975. The van der Waals surface area contributed by atoms with E-state index in [-0.39, 0.29) is 18.2 Å². The fourth-order valence-electron chi connectivity index (χ4n) is 3.28. The van der Waals surface area contributed by atoms with Crippen LogP contribution < -0.4 is 5.73 Å². The van der Waals surface area contributed by atoms with Crippen LogP contribution in [0.3, 0.4) is 0 Å². The van der Waals surface area contributed by atoms with Crippen molar-refractivity contribution in [2.75, 3.05) is 0 Å². The van der Waals surface area contributed by atoms with Gasteiger partial charge in [0.2, 0.25) is 6.41 Å². The van der Waals surface area contributed by atoms with E-state index in [1.54, 1.807) is 17.9 Å². The molecule has 2 aromatic carbocycles. The molecular weight excluding hydrogens is 442 g/mol. The first-order chi connectivity index (χ1) is 13.9. The van der Waals surface area contributed by atoms with Crippen LogP contribution in [0.2, 0.25) is 0 Å². The average Bonchev–Trinajstić information content (AvgIpc) is 2.71. The van der Waals surface area contributed by atoms with Crippen molar-refractivity contribution in [2.45, 2.75) is 32.5 Å². The van der Waals surface area contributed by atoms with Crippen molar-refractivity contribution in [1.29, 1.82) is 0 Å². The van der Waals surface area contributed by atoms with Gasteiger partial charge in [-0.2, -0.15) is 0 Å². The van der Waals surface area contributed by atoms with E-state index >= 15 is 0 Å². The number of hydrogen-bond acceptors (Lipinski definition) is 3. The van der Waals surface area contributed by atoms with Gasteiger partial charge in [0, 0.05) is 29.9 Å². The number of halogens is 3. The van der Waals surface area contributed by atoms with E-state index in [0.29, 0.717) is 28.9 Å². The van der Waals surface area contributed by atoms with Crippen LogP contribution in [0.15, 0.2) is 64.5 Å². The minimum atomic E-state index is -0.666. The van der Waals surface area contributed by atoms with E-state index in [2.05, 4.69) is 15.9 Å². The minimum absolute atomic E-state index is 0.0620. The Kier molecular flexibility index (Phi) is 6.82. The van der Waals surface area contributed by atoms with Gasteiger partial charge in [-0.15, -0.1) is 0 Å². The lowest BCUT2D eigenvalue weighted by atomic mass is 9.97. The second kappa shape index (κ2) is 9.33. The van der Waals surface area contributed by atoms with E-state index < -0.39 is 11.6 Å². The Morgan fingerprint density at radius 1 is 1.17 bits per heavy atom. The molecule has 0 fully saturated rings. The zero-order valence-electron chi connectivity index (χ0n) is 15.9. The largest absolute Gasteiger partial charge is 0.488 e. The lowest BCUT2D eigenvalue weighted by Gasteiger charge is -2.34. The normalized spacial score (nSPS) is 16.7. The maximum atomic E-state index is 13.9. The van der Waals surface area contributed by atoms with Crippen LogP contribution in [0, 0.1) is 11.6 Å². The number of amides is 1. The summed E-state index contributed by atoms with van der Waals surface area (Å²) < 4.78 is 33.5. The van der Waals surface area contributed by atoms with Crippen molar-refractivity contribution in [1.82, 2.24) is 4.90 Å². The molecule has 0 saturated carbocycles. The first kappa shape index (κ1) is 21.2. The first-order valence-electron chi connectivity index (χ1n) is 9.09.